The third-order valence-electron chi connectivity index (χ3n) is 1.33. The van der Waals surface area contributed by atoms with Crippen molar-refractivity contribution in [1.82, 2.24) is 4.98 Å². The molecule has 0 aromatic carbocycles. The highest BCUT2D eigenvalue weighted by atomic mass is 16.4. The van der Waals surface area contributed by atoms with Crippen molar-refractivity contribution in [3.05, 3.63) is 41.1 Å². The Morgan fingerprint density at radius 3 is 2.92 bits per heavy atom. The zero-order valence-corrected chi connectivity index (χ0v) is 6.06. The van der Waals surface area contributed by atoms with Crippen molar-refractivity contribution in [2.24, 2.45) is 0 Å². The third kappa shape index (κ3) is 1.14. The molecule has 4 nitrogen and oxygen atoms in total. The van der Waals surface area contributed by atoms with Gasteiger partial charge in [0.2, 0.25) is 0 Å². The molecule has 2 aromatic heterocycles. The van der Waals surface area contributed by atoms with Crippen LogP contribution >= 0.6 is 0 Å². The molecule has 0 atom stereocenters. The molecule has 0 radical (unpaired) electrons. The third-order valence-corrected chi connectivity index (χ3v) is 1.33. The minimum Gasteiger partial charge on any atom is -0.459 e. The van der Waals surface area contributed by atoms with E-state index in [0.717, 1.165) is 0 Å². The monoisotopic (exact) mass is 163 g/mol. The lowest BCUT2D eigenvalue weighted by Crippen LogP contribution is -1.97. The zero-order valence-electron chi connectivity index (χ0n) is 6.06. The number of hydrogen-bond acceptors (Lipinski definition) is 4. The molecule has 0 saturated heterocycles. The van der Waals surface area contributed by atoms with Crippen LogP contribution in [0.25, 0.3) is 11.7 Å². The van der Waals surface area contributed by atoms with Crippen LogP contribution in [-0.2, 0) is 0 Å². The minimum atomic E-state index is -0.434. The van der Waals surface area contributed by atoms with Crippen LogP contribution in [0, 0.1) is 0 Å². The van der Waals surface area contributed by atoms with Gasteiger partial charge in [-0.2, -0.15) is 0 Å². The summed E-state index contributed by atoms with van der Waals surface area (Å²) in [7, 11) is 0. The van der Waals surface area contributed by atoms with E-state index in [2.05, 4.69) is 4.98 Å². The van der Waals surface area contributed by atoms with Gasteiger partial charge in [-0.15, -0.1) is 0 Å². The SMILES string of the molecule is O=c1ccnc(-c2ccco2)o1. The molecule has 2 heterocycles. The van der Waals surface area contributed by atoms with E-state index < -0.39 is 5.63 Å². The molecule has 0 aliphatic heterocycles. The van der Waals surface area contributed by atoms with Crippen LogP contribution < -0.4 is 5.63 Å². The molecule has 60 valence electrons. The molecule has 0 N–H and O–H groups in total. The van der Waals surface area contributed by atoms with E-state index in [1.54, 1.807) is 12.1 Å². The molecular formula is C8H5NO3. The summed E-state index contributed by atoms with van der Waals surface area (Å²) in [4.78, 5) is 14.6. The molecule has 2 aromatic rings. The number of rotatable bonds is 1. The Labute approximate surface area is 67.5 Å². The van der Waals surface area contributed by atoms with Gasteiger partial charge in [0.25, 0.3) is 5.89 Å². The van der Waals surface area contributed by atoms with E-state index in [-0.39, 0.29) is 5.89 Å². The molecule has 0 unspecified atom stereocenters. The normalized spacial score (nSPS) is 10.0. The van der Waals surface area contributed by atoms with Crippen LogP contribution in [0.3, 0.4) is 0 Å². The molecule has 0 aliphatic rings. The summed E-state index contributed by atoms with van der Waals surface area (Å²) in [5.41, 5.74) is -0.434. The highest BCUT2D eigenvalue weighted by Gasteiger charge is 2.03. The van der Waals surface area contributed by atoms with Gasteiger partial charge < -0.3 is 8.83 Å². The average Bonchev–Trinajstić information content (AvgIpc) is 2.56. The summed E-state index contributed by atoms with van der Waals surface area (Å²) in [5.74, 6) is 0.653. The van der Waals surface area contributed by atoms with E-state index >= 15 is 0 Å². The fraction of sp³-hybridized carbons (Fsp3) is 0. The van der Waals surface area contributed by atoms with Gasteiger partial charge in [0.05, 0.1) is 6.26 Å². The highest BCUT2D eigenvalue weighted by molar-refractivity contribution is 5.42. The van der Waals surface area contributed by atoms with Crippen LogP contribution in [-0.4, -0.2) is 4.98 Å². The number of aromatic nitrogens is 1. The minimum absolute atomic E-state index is 0.201. The van der Waals surface area contributed by atoms with Gasteiger partial charge in [0, 0.05) is 12.3 Å². The van der Waals surface area contributed by atoms with Crippen LogP contribution in [0.4, 0.5) is 0 Å². The maximum atomic E-state index is 10.7. The Morgan fingerprint density at radius 1 is 1.33 bits per heavy atom. The Bertz CT molecular complexity index is 416. The summed E-state index contributed by atoms with van der Waals surface area (Å²) in [6.45, 7) is 0. The van der Waals surface area contributed by atoms with E-state index in [1.807, 2.05) is 0 Å². The molecule has 0 aliphatic carbocycles. The van der Waals surface area contributed by atoms with Crippen molar-refractivity contribution in [1.29, 1.82) is 0 Å². The first-order valence-electron chi connectivity index (χ1n) is 3.36. The lowest BCUT2D eigenvalue weighted by molar-refractivity contribution is 0.474. The standard InChI is InChI=1S/C8H5NO3/c10-7-3-4-9-8(12-7)6-2-1-5-11-6/h1-5H. The fourth-order valence-electron chi connectivity index (χ4n) is 0.836. The second-order valence-electron chi connectivity index (χ2n) is 2.15. The lowest BCUT2D eigenvalue weighted by Gasteiger charge is -1.90. The first-order valence-corrected chi connectivity index (χ1v) is 3.36. The second kappa shape index (κ2) is 2.65. The quantitative estimate of drug-likeness (QED) is 0.635. The average molecular weight is 163 g/mol. The molecule has 0 saturated carbocycles. The number of furan rings is 1. The molecular weight excluding hydrogens is 158 g/mol. The lowest BCUT2D eigenvalue weighted by atomic mass is 10.4. The largest absolute Gasteiger partial charge is 0.459 e. The van der Waals surface area contributed by atoms with Crippen LogP contribution in [0.15, 0.2) is 44.3 Å². The molecule has 0 fully saturated rings. The van der Waals surface area contributed by atoms with Gasteiger partial charge >= 0.3 is 5.63 Å². The first-order chi connectivity index (χ1) is 5.86. The summed E-state index contributed by atoms with van der Waals surface area (Å²) >= 11 is 0. The number of hydrogen-bond donors (Lipinski definition) is 0. The topological polar surface area (TPSA) is 56.2 Å². The van der Waals surface area contributed by atoms with E-state index in [0.29, 0.717) is 5.76 Å². The Morgan fingerprint density at radius 2 is 2.25 bits per heavy atom. The molecule has 0 spiro atoms. The van der Waals surface area contributed by atoms with Crippen molar-refractivity contribution in [2.75, 3.05) is 0 Å². The fourth-order valence-corrected chi connectivity index (χ4v) is 0.836. The zero-order chi connectivity index (χ0) is 8.39. The Balaban J connectivity index is 2.55. The van der Waals surface area contributed by atoms with Gasteiger partial charge in [0.1, 0.15) is 0 Å². The van der Waals surface area contributed by atoms with Gasteiger partial charge in [0.15, 0.2) is 5.76 Å². The van der Waals surface area contributed by atoms with Gasteiger partial charge in [-0.3, -0.25) is 0 Å². The summed E-state index contributed by atoms with van der Waals surface area (Å²) in [6.07, 6.45) is 2.87. The van der Waals surface area contributed by atoms with Crippen molar-refractivity contribution in [2.45, 2.75) is 0 Å². The maximum absolute atomic E-state index is 10.7. The van der Waals surface area contributed by atoms with Crippen molar-refractivity contribution in [3.63, 3.8) is 0 Å². The van der Waals surface area contributed by atoms with Crippen LogP contribution in [0.5, 0.6) is 0 Å². The van der Waals surface area contributed by atoms with Gasteiger partial charge in [-0.25, -0.2) is 9.78 Å². The van der Waals surface area contributed by atoms with E-state index in [1.165, 1.54) is 18.5 Å². The molecule has 2 rings (SSSR count). The highest BCUT2D eigenvalue weighted by Crippen LogP contribution is 2.13. The maximum Gasteiger partial charge on any atom is 0.339 e. The summed E-state index contributed by atoms with van der Waals surface area (Å²) in [5, 5.41) is 0. The molecule has 0 amide bonds. The van der Waals surface area contributed by atoms with E-state index in [9.17, 15) is 4.79 Å². The van der Waals surface area contributed by atoms with Crippen molar-refractivity contribution >= 4 is 0 Å². The predicted molar refractivity (Wildman–Crippen MR) is 40.5 cm³/mol. The molecule has 0 bridgehead atoms. The van der Waals surface area contributed by atoms with E-state index in [4.69, 9.17) is 8.83 Å². The number of nitrogens with zero attached hydrogens (tertiary/aromatic N) is 1. The second-order valence-corrected chi connectivity index (χ2v) is 2.15. The Kier molecular flexibility index (Phi) is 1.51. The Hall–Kier alpha value is -1.84. The first kappa shape index (κ1) is 6.84. The van der Waals surface area contributed by atoms with Gasteiger partial charge in [-0.05, 0) is 12.1 Å². The smallest absolute Gasteiger partial charge is 0.339 e. The summed E-state index contributed by atoms with van der Waals surface area (Å²) < 4.78 is 9.74. The van der Waals surface area contributed by atoms with Crippen LogP contribution in [0.1, 0.15) is 0 Å². The van der Waals surface area contributed by atoms with Crippen LogP contribution in [0.2, 0.25) is 0 Å². The molecule has 4 heteroatoms. The van der Waals surface area contributed by atoms with Crippen molar-refractivity contribution < 1.29 is 8.83 Å². The predicted octanol–water partition coefficient (Wildman–Crippen LogP) is 1.29. The van der Waals surface area contributed by atoms with Crippen molar-refractivity contribution in [3.8, 4) is 11.7 Å². The summed E-state index contributed by atoms with van der Waals surface area (Å²) in [6, 6.07) is 4.61. The molecule has 12 heavy (non-hydrogen) atoms. The van der Waals surface area contributed by atoms with Gasteiger partial charge in [-0.1, -0.05) is 0 Å².